The maximum Gasteiger partial charge on any atom is 0.337 e. The quantitative estimate of drug-likeness (QED) is 0.395. The van der Waals surface area contributed by atoms with Crippen LogP contribution < -0.4 is 5.32 Å². The molecule has 0 aromatic rings. The standard InChI is InChI=1S/C15H35NO3Si/c1-6-7-13-20(17-4,18-5)14-9-11-16-10-8-12-19-15(2)3/h15-16H,6-14H2,1-5H3. The van der Waals surface area contributed by atoms with Crippen molar-refractivity contribution in [1.82, 2.24) is 5.32 Å². The predicted molar refractivity (Wildman–Crippen MR) is 87.5 cm³/mol. The molecule has 0 aromatic heterocycles. The fraction of sp³-hybridized carbons (Fsp3) is 1.00. The summed E-state index contributed by atoms with van der Waals surface area (Å²) in [5.41, 5.74) is 0. The predicted octanol–water partition coefficient (Wildman–Crippen LogP) is 3.32. The highest BCUT2D eigenvalue weighted by Gasteiger charge is 2.33. The number of hydrogen-bond acceptors (Lipinski definition) is 4. The van der Waals surface area contributed by atoms with Crippen molar-refractivity contribution in [2.45, 2.75) is 64.6 Å². The van der Waals surface area contributed by atoms with E-state index in [1.54, 1.807) is 0 Å². The highest BCUT2D eigenvalue weighted by atomic mass is 28.4. The van der Waals surface area contributed by atoms with E-state index in [9.17, 15) is 0 Å². The lowest BCUT2D eigenvalue weighted by Crippen LogP contribution is -2.40. The van der Waals surface area contributed by atoms with Crippen molar-refractivity contribution in [1.29, 1.82) is 0 Å². The molecule has 0 saturated heterocycles. The summed E-state index contributed by atoms with van der Waals surface area (Å²) in [6.45, 7) is 9.26. The van der Waals surface area contributed by atoms with Crippen molar-refractivity contribution >= 4 is 8.56 Å². The second-order valence-corrected chi connectivity index (χ2v) is 9.19. The van der Waals surface area contributed by atoms with Crippen LogP contribution in [0.4, 0.5) is 0 Å². The first-order chi connectivity index (χ1) is 9.60. The van der Waals surface area contributed by atoms with Crippen LogP contribution in [-0.2, 0) is 13.6 Å². The Kier molecular flexibility index (Phi) is 12.8. The minimum atomic E-state index is -1.92. The fourth-order valence-electron chi connectivity index (χ4n) is 2.19. The van der Waals surface area contributed by atoms with Gasteiger partial charge in [0.1, 0.15) is 0 Å². The highest BCUT2D eigenvalue weighted by Crippen LogP contribution is 2.21. The van der Waals surface area contributed by atoms with Crippen LogP contribution >= 0.6 is 0 Å². The van der Waals surface area contributed by atoms with E-state index in [4.69, 9.17) is 13.6 Å². The average Bonchev–Trinajstić information content (AvgIpc) is 2.45. The highest BCUT2D eigenvalue weighted by molar-refractivity contribution is 6.67. The zero-order valence-electron chi connectivity index (χ0n) is 14.2. The molecule has 20 heavy (non-hydrogen) atoms. The lowest BCUT2D eigenvalue weighted by molar-refractivity contribution is 0.0771. The molecule has 0 saturated carbocycles. The summed E-state index contributed by atoms with van der Waals surface area (Å²) in [6.07, 6.45) is 4.95. The molecule has 0 spiro atoms. The van der Waals surface area contributed by atoms with Gasteiger partial charge in [-0.1, -0.05) is 19.8 Å². The van der Waals surface area contributed by atoms with E-state index in [0.717, 1.165) is 44.6 Å². The molecule has 0 amide bonds. The SMILES string of the molecule is CCCC[Si](CCCNCCCOC(C)C)(OC)OC. The molecule has 5 heteroatoms. The summed E-state index contributed by atoms with van der Waals surface area (Å²) in [5.74, 6) is 0. The van der Waals surface area contributed by atoms with Crippen LogP contribution in [0.2, 0.25) is 12.1 Å². The summed E-state index contributed by atoms with van der Waals surface area (Å²) < 4.78 is 17.0. The number of nitrogens with one attached hydrogen (secondary N) is 1. The summed E-state index contributed by atoms with van der Waals surface area (Å²) >= 11 is 0. The van der Waals surface area contributed by atoms with Gasteiger partial charge in [-0.25, -0.2) is 0 Å². The Morgan fingerprint density at radius 1 is 0.950 bits per heavy atom. The van der Waals surface area contributed by atoms with Gasteiger partial charge in [-0.3, -0.25) is 0 Å². The number of rotatable bonds is 14. The molecule has 4 nitrogen and oxygen atoms in total. The third-order valence-electron chi connectivity index (χ3n) is 3.52. The molecule has 0 unspecified atom stereocenters. The average molecular weight is 306 g/mol. The van der Waals surface area contributed by atoms with Crippen LogP contribution in [0.25, 0.3) is 0 Å². The summed E-state index contributed by atoms with van der Waals surface area (Å²) in [5, 5.41) is 3.47. The molecule has 1 N–H and O–H groups in total. The number of ether oxygens (including phenoxy) is 1. The molecule has 0 radical (unpaired) electrons. The second kappa shape index (κ2) is 12.8. The third kappa shape index (κ3) is 9.88. The van der Waals surface area contributed by atoms with Crippen LogP contribution in [0.1, 0.15) is 46.5 Å². The smallest absolute Gasteiger partial charge is 0.337 e. The van der Waals surface area contributed by atoms with Gasteiger partial charge in [-0.2, -0.15) is 0 Å². The van der Waals surface area contributed by atoms with Crippen molar-refractivity contribution < 1.29 is 13.6 Å². The molecule has 0 fully saturated rings. The molecular formula is C15H35NO3Si. The molecule has 0 atom stereocenters. The van der Waals surface area contributed by atoms with Gasteiger partial charge in [0, 0.05) is 20.8 Å². The lowest BCUT2D eigenvalue weighted by atomic mass is 10.4. The second-order valence-electron chi connectivity index (χ2n) is 5.55. The largest absolute Gasteiger partial charge is 0.398 e. The van der Waals surface area contributed by atoms with E-state index in [0.29, 0.717) is 6.10 Å². The summed E-state index contributed by atoms with van der Waals surface area (Å²) in [4.78, 5) is 0. The van der Waals surface area contributed by atoms with Gasteiger partial charge in [-0.15, -0.1) is 0 Å². The summed E-state index contributed by atoms with van der Waals surface area (Å²) in [6, 6.07) is 2.19. The Balaban J connectivity index is 3.63. The van der Waals surface area contributed by atoms with Crippen molar-refractivity contribution in [3.63, 3.8) is 0 Å². The van der Waals surface area contributed by atoms with Gasteiger partial charge in [0.25, 0.3) is 0 Å². The van der Waals surface area contributed by atoms with Gasteiger partial charge in [0.2, 0.25) is 0 Å². The first-order valence-electron chi connectivity index (χ1n) is 8.03. The van der Waals surface area contributed by atoms with E-state index in [1.165, 1.54) is 12.8 Å². The lowest BCUT2D eigenvalue weighted by Gasteiger charge is -2.27. The maximum absolute atomic E-state index is 5.73. The fourth-order valence-corrected chi connectivity index (χ4v) is 5.03. The molecular weight excluding hydrogens is 270 g/mol. The summed E-state index contributed by atoms with van der Waals surface area (Å²) in [7, 11) is 1.70. The Labute approximate surface area is 126 Å². The Morgan fingerprint density at radius 2 is 1.55 bits per heavy atom. The monoisotopic (exact) mass is 305 g/mol. The Morgan fingerprint density at radius 3 is 2.10 bits per heavy atom. The third-order valence-corrected chi connectivity index (χ3v) is 7.23. The zero-order valence-corrected chi connectivity index (χ0v) is 15.2. The van der Waals surface area contributed by atoms with Crippen LogP contribution in [0.5, 0.6) is 0 Å². The molecule has 0 aliphatic heterocycles. The molecule has 0 aromatic carbocycles. The van der Waals surface area contributed by atoms with E-state index in [1.807, 2.05) is 14.2 Å². The van der Waals surface area contributed by atoms with Crippen molar-refractivity contribution in [2.75, 3.05) is 33.9 Å². The molecule has 0 rings (SSSR count). The number of hydrogen-bond donors (Lipinski definition) is 1. The van der Waals surface area contributed by atoms with Crippen LogP contribution in [0.3, 0.4) is 0 Å². The molecule has 0 aliphatic carbocycles. The zero-order chi connectivity index (χ0) is 15.3. The molecule has 0 heterocycles. The number of unbranched alkanes of at least 4 members (excludes halogenated alkanes) is 1. The first kappa shape index (κ1) is 20.1. The van der Waals surface area contributed by atoms with Gasteiger partial charge < -0.3 is 18.9 Å². The van der Waals surface area contributed by atoms with Crippen molar-refractivity contribution in [2.24, 2.45) is 0 Å². The minimum Gasteiger partial charge on any atom is -0.398 e. The molecule has 0 aliphatic rings. The van der Waals surface area contributed by atoms with Crippen LogP contribution in [-0.4, -0.2) is 48.6 Å². The Hall–Kier alpha value is 0.0569. The first-order valence-corrected chi connectivity index (χ1v) is 10.3. The van der Waals surface area contributed by atoms with Gasteiger partial charge in [0.05, 0.1) is 6.10 Å². The van der Waals surface area contributed by atoms with Crippen LogP contribution in [0, 0.1) is 0 Å². The maximum atomic E-state index is 5.73. The van der Waals surface area contributed by atoms with Gasteiger partial charge >= 0.3 is 8.56 Å². The molecule has 0 bridgehead atoms. The van der Waals surface area contributed by atoms with Crippen molar-refractivity contribution in [3.8, 4) is 0 Å². The van der Waals surface area contributed by atoms with Crippen LogP contribution in [0.15, 0.2) is 0 Å². The topological polar surface area (TPSA) is 39.7 Å². The van der Waals surface area contributed by atoms with E-state index in [2.05, 4.69) is 26.1 Å². The normalized spacial score (nSPS) is 12.3. The van der Waals surface area contributed by atoms with E-state index >= 15 is 0 Å². The molecule has 122 valence electrons. The van der Waals surface area contributed by atoms with E-state index in [-0.39, 0.29) is 0 Å². The van der Waals surface area contributed by atoms with Gasteiger partial charge in [0.15, 0.2) is 0 Å². The minimum absolute atomic E-state index is 0.337. The Bertz CT molecular complexity index is 211. The van der Waals surface area contributed by atoms with Crippen molar-refractivity contribution in [3.05, 3.63) is 0 Å². The van der Waals surface area contributed by atoms with Gasteiger partial charge in [-0.05, 0) is 51.9 Å². The van der Waals surface area contributed by atoms with E-state index < -0.39 is 8.56 Å².